The summed E-state index contributed by atoms with van der Waals surface area (Å²) >= 11 is 0. The fraction of sp³-hybridized carbons (Fsp3) is 0.429. The molecule has 2 rings (SSSR count). The van der Waals surface area contributed by atoms with Crippen molar-refractivity contribution in [3.8, 4) is 0 Å². The number of quaternary nitrogens is 1. The molecule has 1 aliphatic rings. The van der Waals surface area contributed by atoms with Gasteiger partial charge in [-0.05, 0) is 12.0 Å². The molecule has 0 aliphatic carbocycles. The molecule has 0 unspecified atom stereocenters. The quantitative estimate of drug-likeness (QED) is 0.623. The Hall–Kier alpha value is -1.88. The second kappa shape index (κ2) is 6.89. The van der Waals surface area contributed by atoms with Gasteiger partial charge in [0, 0.05) is 6.54 Å². The number of nitrogens with one attached hydrogen (secondary N) is 2. The standard InChI is InChI=1S/C14H19N3O2/c18-13(10-12-14(19)17-9-8-15-12)16-7-6-11-4-2-1-3-5-11/h1-5,12,15H,6-10H2,(H,16,18)(H,17,19)/p+1/t12-/m0/s1. The van der Waals surface area contributed by atoms with Gasteiger partial charge in [-0.2, -0.15) is 0 Å². The molecule has 5 heteroatoms. The van der Waals surface area contributed by atoms with E-state index < -0.39 is 0 Å². The molecule has 5 nitrogen and oxygen atoms in total. The molecule has 0 spiro atoms. The maximum atomic E-state index is 11.7. The van der Waals surface area contributed by atoms with E-state index in [0.717, 1.165) is 13.0 Å². The lowest BCUT2D eigenvalue weighted by atomic mass is 10.1. The third-order valence-electron chi connectivity index (χ3n) is 3.22. The van der Waals surface area contributed by atoms with Crippen molar-refractivity contribution in [2.24, 2.45) is 0 Å². The summed E-state index contributed by atoms with van der Waals surface area (Å²) in [5.41, 5.74) is 1.20. The molecule has 4 N–H and O–H groups in total. The van der Waals surface area contributed by atoms with Crippen LogP contribution in [0.25, 0.3) is 0 Å². The number of piperazine rings is 1. The van der Waals surface area contributed by atoms with Crippen LogP contribution in [0.3, 0.4) is 0 Å². The van der Waals surface area contributed by atoms with Gasteiger partial charge in [-0.25, -0.2) is 0 Å². The molecule has 0 radical (unpaired) electrons. The molecular formula is C14H20N3O2+. The highest BCUT2D eigenvalue weighted by atomic mass is 16.2. The molecular weight excluding hydrogens is 242 g/mol. The fourth-order valence-electron chi connectivity index (χ4n) is 2.16. The van der Waals surface area contributed by atoms with E-state index in [1.165, 1.54) is 5.56 Å². The van der Waals surface area contributed by atoms with Gasteiger partial charge in [0.2, 0.25) is 5.91 Å². The number of carbonyl (C=O) groups excluding carboxylic acids is 2. The van der Waals surface area contributed by atoms with Gasteiger partial charge in [0.15, 0.2) is 6.04 Å². The smallest absolute Gasteiger partial charge is 0.278 e. The molecule has 0 bridgehead atoms. The number of carbonyl (C=O) groups is 2. The van der Waals surface area contributed by atoms with Gasteiger partial charge in [-0.1, -0.05) is 30.3 Å². The van der Waals surface area contributed by atoms with Crippen LogP contribution in [0.5, 0.6) is 0 Å². The highest BCUT2D eigenvalue weighted by Gasteiger charge is 2.27. The van der Waals surface area contributed by atoms with Crippen molar-refractivity contribution in [2.75, 3.05) is 19.6 Å². The van der Waals surface area contributed by atoms with Crippen LogP contribution in [0.1, 0.15) is 12.0 Å². The zero-order valence-electron chi connectivity index (χ0n) is 10.9. The number of benzene rings is 1. The molecule has 2 amide bonds. The van der Waals surface area contributed by atoms with Crippen molar-refractivity contribution in [2.45, 2.75) is 18.9 Å². The SMILES string of the molecule is O=C(C[C@@H]1[NH2+]CCNC1=O)NCCc1ccccc1. The Morgan fingerprint density at radius 3 is 2.89 bits per heavy atom. The Morgan fingerprint density at radius 2 is 2.16 bits per heavy atom. The molecule has 19 heavy (non-hydrogen) atoms. The fourth-order valence-corrected chi connectivity index (χ4v) is 2.16. The maximum Gasteiger partial charge on any atom is 0.278 e. The van der Waals surface area contributed by atoms with Crippen LogP contribution in [0.4, 0.5) is 0 Å². The maximum absolute atomic E-state index is 11.7. The zero-order chi connectivity index (χ0) is 13.5. The summed E-state index contributed by atoms with van der Waals surface area (Å²) in [5, 5.41) is 7.56. The lowest BCUT2D eigenvalue weighted by Crippen LogP contribution is -2.96. The van der Waals surface area contributed by atoms with E-state index in [4.69, 9.17) is 0 Å². The second-order valence-corrected chi connectivity index (χ2v) is 4.71. The predicted molar refractivity (Wildman–Crippen MR) is 71.4 cm³/mol. The van der Waals surface area contributed by atoms with Gasteiger partial charge < -0.3 is 16.0 Å². The highest BCUT2D eigenvalue weighted by Crippen LogP contribution is 1.98. The van der Waals surface area contributed by atoms with Crippen LogP contribution in [0.2, 0.25) is 0 Å². The van der Waals surface area contributed by atoms with Crippen LogP contribution in [-0.4, -0.2) is 37.5 Å². The Morgan fingerprint density at radius 1 is 1.37 bits per heavy atom. The third-order valence-corrected chi connectivity index (χ3v) is 3.22. The van der Waals surface area contributed by atoms with E-state index in [0.29, 0.717) is 13.1 Å². The van der Waals surface area contributed by atoms with Gasteiger partial charge >= 0.3 is 0 Å². The minimum Gasteiger partial charge on any atom is -0.356 e. The molecule has 1 heterocycles. The first-order chi connectivity index (χ1) is 9.25. The molecule has 0 saturated carbocycles. The lowest BCUT2D eigenvalue weighted by molar-refractivity contribution is -0.678. The summed E-state index contributed by atoms with van der Waals surface area (Å²) in [6.45, 7) is 2.13. The van der Waals surface area contributed by atoms with Crippen molar-refractivity contribution in [1.29, 1.82) is 0 Å². The van der Waals surface area contributed by atoms with E-state index in [1.807, 2.05) is 35.6 Å². The van der Waals surface area contributed by atoms with Crippen molar-refractivity contribution < 1.29 is 14.9 Å². The first kappa shape index (κ1) is 13.5. The van der Waals surface area contributed by atoms with E-state index in [1.54, 1.807) is 0 Å². The molecule has 1 aromatic rings. The van der Waals surface area contributed by atoms with E-state index >= 15 is 0 Å². The molecule has 1 atom stereocenters. The number of rotatable bonds is 5. The van der Waals surface area contributed by atoms with Gasteiger partial charge in [0.1, 0.15) is 0 Å². The second-order valence-electron chi connectivity index (χ2n) is 4.71. The predicted octanol–water partition coefficient (Wildman–Crippen LogP) is -1.20. The minimum absolute atomic E-state index is 0.0375. The van der Waals surface area contributed by atoms with Crippen molar-refractivity contribution in [3.63, 3.8) is 0 Å². The van der Waals surface area contributed by atoms with Crippen molar-refractivity contribution in [1.82, 2.24) is 10.6 Å². The zero-order valence-corrected chi connectivity index (χ0v) is 10.9. The topological polar surface area (TPSA) is 74.8 Å². The number of nitrogens with two attached hydrogens (primary N) is 1. The summed E-state index contributed by atoms with van der Waals surface area (Å²) in [6, 6.07) is 9.74. The minimum atomic E-state index is -0.273. The average Bonchev–Trinajstić information content (AvgIpc) is 2.43. The number of amides is 2. The van der Waals surface area contributed by atoms with Crippen LogP contribution < -0.4 is 16.0 Å². The number of hydrogen-bond donors (Lipinski definition) is 3. The van der Waals surface area contributed by atoms with E-state index in [-0.39, 0.29) is 24.3 Å². The Labute approximate surface area is 112 Å². The third kappa shape index (κ3) is 4.37. The van der Waals surface area contributed by atoms with E-state index in [2.05, 4.69) is 10.6 Å². The van der Waals surface area contributed by atoms with E-state index in [9.17, 15) is 9.59 Å². The molecule has 1 fully saturated rings. The lowest BCUT2D eigenvalue weighted by Gasteiger charge is -2.19. The first-order valence-electron chi connectivity index (χ1n) is 6.67. The molecule has 1 aromatic carbocycles. The largest absolute Gasteiger partial charge is 0.356 e. The Bertz CT molecular complexity index is 434. The molecule has 0 aromatic heterocycles. The van der Waals surface area contributed by atoms with Crippen LogP contribution in [0, 0.1) is 0 Å². The van der Waals surface area contributed by atoms with Crippen LogP contribution in [-0.2, 0) is 16.0 Å². The first-order valence-corrected chi connectivity index (χ1v) is 6.67. The van der Waals surface area contributed by atoms with Gasteiger partial charge in [-0.3, -0.25) is 9.59 Å². The summed E-state index contributed by atoms with van der Waals surface area (Å²) in [5.74, 6) is -0.0984. The van der Waals surface area contributed by atoms with Crippen molar-refractivity contribution in [3.05, 3.63) is 35.9 Å². The molecule has 1 saturated heterocycles. The highest BCUT2D eigenvalue weighted by molar-refractivity contribution is 5.87. The van der Waals surface area contributed by atoms with Crippen molar-refractivity contribution >= 4 is 11.8 Å². The average molecular weight is 262 g/mol. The van der Waals surface area contributed by atoms with Gasteiger partial charge in [-0.15, -0.1) is 0 Å². The molecule has 102 valence electrons. The Balaban J connectivity index is 1.68. The number of hydrogen-bond acceptors (Lipinski definition) is 2. The van der Waals surface area contributed by atoms with Gasteiger partial charge in [0.05, 0.1) is 19.5 Å². The van der Waals surface area contributed by atoms with Crippen LogP contribution >= 0.6 is 0 Å². The normalized spacial score (nSPS) is 18.7. The van der Waals surface area contributed by atoms with Gasteiger partial charge in [0.25, 0.3) is 5.91 Å². The summed E-state index contributed by atoms with van der Waals surface area (Å²) < 4.78 is 0. The van der Waals surface area contributed by atoms with Crippen LogP contribution in [0.15, 0.2) is 30.3 Å². The summed E-state index contributed by atoms with van der Waals surface area (Å²) in [7, 11) is 0. The summed E-state index contributed by atoms with van der Waals surface area (Å²) in [4.78, 5) is 23.2. The Kier molecular flexibility index (Phi) is 4.92. The summed E-state index contributed by atoms with van der Waals surface area (Å²) in [6.07, 6.45) is 1.06. The molecule has 1 aliphatic heterocycles. The monoisotopic (exact) mass is 262 g/mol.